The fourth-order valence-electron chi connectivity index (χ4n) is 2.07. The number of carbonyl (C=O) groups excluding carboxylic acids is 1. The molecule has 2 rings (SSSR count). The van der Waals surface area contributed by atoms with Crippen LogP contribution in [-0.2, 0) is 4.79 Å². The van der Waals surface area contributed by atoms with E-state index in [1.165, 1.54) is 18.6 Å². The summed E-state index contributed by atoms with van der Waals surface area (Å²) in [6.07, 6.45) is 4.13. The maximum absolute atomic E-state index is 11.9. The molecule has 1 amide bonds. The van der Waals surface area contributed by atoms with Crippen LogP contribution in [0, 0.1) is 5.92 Å². The second-order valence-corrected chi connectivity index (χ2v) is 5.88. The van der Waals surface area contributed by atoms with Gasteiger partial charge in [0.2, 0.25) is 5.91 Å². The van der Waals surface area contributed by atoms with Crippen molar-refractivity contribution in [2.24, 2.45) is 11.7 Å². The van der Waals surface area contributed by atoms with E-state index < -0.39 is 0 Å². The first-order valence-corrected chi connectivity index (χ1v) is 6.93. The number of carbonyl (C=O) groups is 1. The Hall–Kier alpha value is -0.220. The van der Waals surface area contributed by atoms with Gasteiger partial charge in [0, 0.05) is 31.3 Å². The van der Waals surface area contributed by atoms with E-state index in [0.29, 0.717) is 18.4 Å². The first-order chi connectivity index (χ1) is 7.18. The van der Waals surface area contributed by atoms with E-state index in [1.807, 2.05) is 23.7 Å². The summed E-state index contributed by atoms with van der Waals surface area (Å²) in [7, 11) is 1.93. The van der Waals surface area contributed by atoms with Crippen LogP contribution in [0.2, 0.25) is 0 Å². The molecule has 1 saturated heterocycles. The molecule has 0 bridgehead atoms. The number of amides is 1. The molecule has 2 unspecified atom stereocenters. The summed E-state index contributed by atoms with van der Waals surface area (Å²) in [6, 6.07) is 0.558. The molecule has 0 aromatic rings. The third-order valence-electron chi connectivity index (χ3n) is 3.48. The van der Waals surface area contributed by atoms with Crippen molar-refractivity contribution in [2.45, 2.75) is 37.8 Å². The minimum Gasteiger partial charge on any atom is -0.342 e. The summed E-state index contributed by atoms with van der Waals surface area (Å²) in [5.41, 5.74) is 5.96. The van der Waals surface area contributed by atoms with Crippen molar-refractivity contribution in [3.63, 3.8) is 0 Å². The van der Waals surface area contributed by atoms with Gasteiger partial charge in [-0.1, -0.05) is 0 Å². The molecule has 0 aromatic heterocycles. The average molecular weight is 228 g/mol. The predicted molar refractivity (Wildman–Crippen MR) is 63.8 cm³/mol. The summed E-state index contributed by atoms with van der Waals surface area (Å²) >= 11 is 1.94. The highest BCUT2D eigenvalue weighted by Crippen LogP contribution is 2.33. The summed E-state index contributed by atoms with van der Waals surface area (Å²) in [5.74, 6) is 3.15. The van der Waals surface area contributed by atoms with Crippen LogP contribution >= 0.6 is 11.8 Å². The van der Waals surface area contributed by atoms with Crippen LogP contribution in [0.25, 0.3) is 0 Å². The van der Waals surface area contributed by atoms with E-state index >= 15 is 0 Å². The lowest BCUT2D eigenvalue weighted by Crippen LogP contribution is -2.40. The van der Waals surface area contributed by atoms with Crippen LogP contribution in [0.15, 0.2) is 0 Å². The zero-order valence-electron chi connectivity index (χ0n) is 9.32. The molecule has 0 radical (unpaired) electrons. The van der Waals surface area contributed by atoms with E-state index in [9.17, 15) is 4.79 Å². The highest BCUT2D eigenvalue weighted by atomic mass is 32.2. The van der Waals surface area contributed by atoms with E-state index in [2.05, 4.69) is 0 Å². The Morgan fingerprint density at radius 2 is 2.27 bits per heavy atom. The Labute approximate surface area is 95.8 Å². The molecule has 4 heteroatoms. The van der Waals surface area contributed by atoms with Gasteiger partial charge in [-0.2, -0.15) is 11.8 Å². The number of hydrogen-bond donors (Lipinski definition) is 1. The second-order valence-electron chi connectivity index (χ2n) is 4.73. The lowest BCUT2D eigenvalue weighted by Gasteiger charge is -2.25. The zero-order chi connectivity index (χ0) is 10.8. The zero-order valence-corrected chi connectivity index (χ0v) is 10.1. The average Bonchev–Trinajstić information content (AvgIpc) is 2.93. The fraction of sp³-hybridized carbons (Fsp3) is 0.909. The van der Waals surface area contributed by atoms with Gasteiger partial charge in [-0.15, -0.1) is 0 Å². The number of hydrogen-bond acceptors (Lipinski definition) is 3. The first-order valence-electron chi connectivity index (χ1n) is 5.77. The number of nitrogens with zero attached hydrogens (tertiary/aromatic N) is 1. The summed E-state index contributed by atoms with van der Waals surface area (Å²) in [5, 5.41) is 0. The monoisotopic (exact) mass is 228 g/mol. The van der Waals surface area contributed by atoms with Crippen LogP contribution in [0.1, 0.15) is 25.7 Å². The van der Waals surface area contributed by atoms with Crippen molar-refractivity contribution in [1.29, 1.82) is 0 Å². The molecule has 86 valence electrons. The van der Waals surface area contributed by atoms with E-state index in [4.69, 9.17) is 5.73 Å². The van der Waals surface area contributed by atoms with Gasteiger partial charge in [-0.3, -0.25) is 4.79 Å². The van der Waals surface area contributed by atoms with E-state index in [-0.39, 0.29) is 11.9 Å². The van der Waals surface area contributed by atoms with Gasteiger partial charge < -0.3 is 10.6 Å². The van der Waals surface area contributed by atoms with Gasteiger partial charge >= 0.3 is 0 Å². The minimum absolute atomic E-state index is 0.106. The largest absolute Gasteiger partial charge is 0.342 e. The van der Waals surface area contributed by atoms with Crippen molar-refractivity contribution in [1.82, 2.24) is 4.90 Å². The maximum atomic E-state index is 11.9. The molecule has 1 aliphatic heterocycles. The van der Waals surface area contributed by atoms with Crippen molar-refractivity contribution >= 4 is 17.7 Å². The molecule has 2 fully saturated rings. The number of nitrogens with two attached hydrogens (primary N) is 1. The van der Waals surface area contributed by atoms with Gasteiger partial charge in [-0.25, -0.2) is 0 Å². The SMILES string of the molecule is CN(C(=O)CC(N)C1CC1)C1CCSC1. The number of rotatable bonds is 4. The van der Waals surface area contributed by atoms with Crippen molar-refractivity contribution in [3.8, 4) is 0 Å². The summed E-state index contributed by atoms with van der Waals surface area (Å²) in [4.78, 5) is 13.8. The van der Waals surface area contributed by atoms with Crippen LogP contribution in [-0.4, -0.2) is 41.4 Å². The van der Waals surface area contributed by atoms with Crippen molar-refractivity contribution in [2.75, 3.05) is 18.6 Å². The molecular weight excluding hydrogens is 208 g/mol. The lowest BCUT2D eigenvalue weighted by molar-refractivity contribution is -0.132. The molecule has 2 aliphatic rings. The van der Waals surface area contributed by atoms with Crippen LogP contribution in [0.5, 0.6) is 0 Å². The smallest absolute Gasteiger partial charge is 0.224 e. The highest BCUT2D eigenvalue weighted by Gasteiger charge is 2.32. The highest BCUT2D eigenvalue weighted by molar-refractivity contribution is 7.99. The third-order valence-corrected chi connectivity index (χ3v) is 4.63. The number of thioether (sulfide) groups is 1. The summed E-state index contributed by atoms with van der Waals surface area (Å²) in [6.45, 7) is 0. The maximum Gasteiger partial charge on any atom is 0.224 e. The fourth-order valence-corrected chi connectivity index (χ4v) is 3.34. The predicted octanol–water partition coefficient (Wildman–Crippen LogP) is 1.08. The molecule has 1 saturated carbocycles. The Kier molecular flexibility index (Phi) is 3.57. The van der Waals surface area contributed by atoms with Gasteiger partial charge in [0.05, 0.1) is 0 Å². The minimum atomic E-state index is 0.106. The molecule has 0 spiro atoms. The molecule has 2 N–H and O–H groups in total. The van der Waals surface area contributed by atoms with E-state index in [1.54, 1.807) is 0 Å². The van der Waals surface area contributed by atoms with Gasteiger partial charge in [0.1, 0.15) is 0 Å². The summed E-state index contributed by atoms with van der Waals surface area (Å²) < 4.78 is 0. The lowest BCUT2D eigenvalue weighted by atomic mass is 10.1. The normalized spacial score (nSPS) is 27.7. The Balaban J connectivity index is 1.78. The Morgan fingerprint density at radius 1 is 1.53 bits per heavy atom. The standard InChI is InChI=1S/C11H20N2OS/c1-13(9-4-5-15-7-9)11(14)6-10(12)8-2-3-8/h8-10H,2-7,12H2,1H3. The first kappa shape index (κ1) is 11.3. The third kappa shape index (κ3) is 2.88. The van der Waals surface area contributed by atoms with Crippen LogP contribution in [0.3, 0.4) is 0 Å². The van der Waals surface area contributed by atoms with Crippen molar-refractivity contribution in [3.05, 3.63) is 0 Å². The molecule has 3 nitrogen and oxygen atoms in total. The van der Waals surface area contributed by atoms with E-state index in [0.717, 1.165) is 12.2 Å². The van der Waals surface area contributed by atoms with Gasteiger partial charge in [0.15, 0.2) is 0 Å². The molecular formula is C11H20N2OS. The molecule has 1 aliphatic carbocycles. The molecule has 15 heavy (non-hydrogen) atoms. The topological polar surface area (TPSA) is 46.3 Å². The Bertz CT molecular complexity index is 237. The molecule has 2 atom stereocenters. The van der Waals surface area contributed by atoms with Crippen LogP contribution in [0.4, 0.5) is 0 Å². The molecule has 1 heterocycles. The van der Waals surface area contributed by atoms with Gasteiger partial charge in [0.25, 0.3) is 0 Å². The van der Waals surface area contributed by atoms with Crippen LogP contribution < -0.4 is 5.73 Å². The quantitative estimate of drug-likeness (QED) is 0.783. The van der Waals surface area contributed by atoms with Gasteiger partial charge in [-0.05, 0) is 30.9 Å². The molecule has 0 aromatic carbocycles. The van der Waals surface area contributed by atoms with Crippen molar-refractivity contribution < 1.29 is 4.79 Å². The Morgan fingerprint density at radius 3 is 2.80 bits per heavy atom. The second kappa shape index (κ2) is 4.74.